The van der Waals surface area contributed by atoms with Gasteiger partial charge in [-0.15, -0.1) is 0 Å². The second kappa shape index (κ2) is 7.17. The monoisotopic (exact) mass is 296 g/mol. The Hall–Kier alpha value is -1.95. The van der Waals surface area contributed by atoms with Gasteiger partial charge in [0.2, 0.25) is 0 Å². The first kappa shape index (κ1) is 17.1. The highest BCUT2D eigenvalue weighted by molar-refractivity contribution is 6.35. The Morgan fingerprint density at radius 2 is 1.71 bits per heavy atom. The Morgan fingerprint density at radius 1 is 1.19 bits per heavy atom. The number of amides is 2. The standard InChI is InChI=1S/C15H21FN2O3/c1-10(2)15(3,21)9-18-14(20)13(19)17-8-11-4-6-12(16)7-5-11/h4-7,10,21H,8-9H2,1-3H3,(H,17,19)(H,18,20). The molecule has 21 heavy (non-hydrogen) atoms. The first-order chi connectivity index (χ1) is 9.72. The van der Waals surface area contributed by atoms with E-state index in [1.807, 2.05) is 13.8 Å². The number of benzene rings is 1. The molecular formula is C15H21FN2O3. The summed E-state index contributed by atoms with van der Waals surface area (Å²) in [6.07, 6.45) is 0. The average Bonchev–Trinajstić information content (AvgIpc) is 2.43. The first-order valence-electron chi connectivity index (χ1n) is 6.75. The highest BCUT2D eigenvalue weighted by Crippen LogP contribution is 2.14. The predicted molar refractivity (Wildman–Crippen MR) is 76.7 cm³/mol. The lowest BCUT2D eigenvalue weighted by atomic mass is 9.92. The van der Waals surface area contributed by atoms with E-state index in [1.165, 1.54) is 24.3 Å². The van der Waals surface area contributed by atoms with Crippen LogP contribution in [0.1, 0.15) is 26.3 Å². The van der Waals surface area contributed by atoms with Crippen LogP contribution in [-0.2, 0) is 16.1 Å². The van der Waals surface area contributed by atoms with Gasteiger partial charge in [0.15, 0.2) is 0 Å². The minimum atomic E-state index is -1.08. The number of carbonyl (C=O) groups is 2. The van der Waals surface area contributed by atoms with Gasteiger partial charge >= 0.3 is 11.8 Å². The van der Waals surface area contributed by atoms with Crippen molar-refractivity contribution in [3.05, 3.63) is 35.6 Å². The maximum absolute atomic E-state index is 12.7. The van der Waals surface area contributed by atoms with Gasteiger partial charge in [-0.3, -0.25) is 9.59 Å². The largest absolute Gasteiger partial charge is 0.388 e. The molecule has 0 aliphatic carbocycles. The molecule has 0 aliphatic rings. The van der Waals surface area contributed by atoms with Crippen molar-refractivity contribution in [3.8, 4) is 0 Å². The third-order valence-corrected chi connectivity index (χ3v) is 3.42. The molecular weight excluding hydrogens is 275 g/mol. The van der Waals surface area contributed by atoms with Gasteiger partial charge in [-0.05, 0) is 30.5 Å². The minimum absolute atomic E-state index is 0.00648. The molecule has 0 radical (unpaired) electrons. The normalized spacial score (nSPS) is 13.6. The van der Waals surface area contributed by atoms with E-state index in [9.17, 15) is 19.1 Å². The van der Waals surface area contributed by atoms with Crippen molar-refractivity contribution in [3.63, 3.8) is 0 Å². The van der Waals surface area contributed by atoms with Crippen LogP contribution < -0.4 is 10.6 Å². The highest BCUT2D eigenvalue weighted by atomic mass is 19.1. The smallest absolute Gasteiger partial charge is 0.309 e. The fourth-order valence-electron chi connectivity index (χ4n) is 1.41. The quantitative estimate of drug-likeness (QED) is 0.708. The maximum atomic E-state index is 12.7. The van der Waals surface area contributed by atoms with Crippen molar-refractivity contribution in [1.29, 1.82) is 0 Å². The number of hydrogen-bond donors (Lipinski definition) is 3. The Labute approximate surface area is 123 Å². The molecule has 116 valence electrons. The molecule has 0 aliphatic heterocycles. The Bertz CT molecular complexity index is 498. The maximum Gasteiger partial charge on any atom is 0.309 e. The van der Waals surface area contributed by atoms with E-state index in [0.717, 1.165) is 0 Å². The summed E-state index contributed by atoms with van der Waals surface area (Å²) < 4.78 is 12.7. The van der Waals surface area contributed by atoms with Gasteiger partial charge < -0.3 is 15.7 Å². The molecule has 2 amide bonds. The van der Waals surface area contributed by atoms with Crippen LogP contribution in [-0.4, -0.2) is 29.1 Å². The van der Waals surface area contributed by atoms with Crippen LogP contribution in [0.2, 0.25) is 0 Å². The van der Waals surface area contributed by atoms with Crippen molar-refractivity contribution in [2.75, 3.05) is 6.54 Å². The number of hydrogen-bond acceptors (Lipinski definition) is 3. The Balaban J connectivity index is 2.41. The van der Waals surface area contributed by atoms with Gasteiger partial charge in [0.05, 0.1) is 5.60 Å². The van der Waals surface area contributed by atoms with Crippen molar-refractivity contribution in [1.82, 2.24) is 10.6 Å². The van der Waals surface area contributed by atoms with Crippen LogP contribution in [0.4, 0.5) is 4.39 Å². The van der Waals surface area contributed by atoms with E-state index >= 15 is 0 Å². The van der Waals surface area contributed by atoms with Gasteiger partial charge in [0.25, 0.3) is 0 Å². The summed E-state index contributed by atoms with van der Waals surface area (Å²) in [4.78, 5) is 23.2. The van der Waals surface area contributed by atoms with Gasteiger partial charge in [0, 0.05) is 13.1 Å². The molecule has 1 aromatic carbocycles. The van der Waals surface area contributed by atoms with E-state index in [1.54, 1.807) is 6.92 Å². The lowest BCUT2D eigenvalue weighted by molar-refractivity contribution is -0.140. The van der Waals surface area contributed by atoms with Crippen molar-refractivity contribution >= 4 is 11.8 Å². The van der Waals surface area contributed by atoms with E-state index in [0.29, 0.717) is 5.56 Å². The lowest BCUT2D eigenvalue weighted by Gasteiger charge is -2.27. The molecule has 0 aromatic heterocycles. The molecule has 0 fully saturated rings. The van der Waals surface area contributed by atoms with Crippen molar-refractivity contribution in [2.45, 2.75) is 32.9 Å². The topological polar surface area (TPSA) is 78.4 Å². The fraction of sp³-hybridized carbons (Fsp3) is 0.467. The molecule has 0 saturated heterocycles. The molecule has 1 unspecified atom stereocenters. The number of aliphatic hydroxyl groups is 1. The summed E-state index contributed by atoms with van der Waals surface area (Å²) in [7, 11) is 0. The lowest BCUT2D eigenvalue weighted by Crippen LogP contribution is -2.48. The van der Waals surface area contributed by atoms with E-state index in [2.05, 4.69) is 10.6 Å². The predicted octanol–water partition coefficient (Wildman–Crippen LogP) is 0.965. The van der Waals surface area contributed by atoms with Crippen LogP contribution in [0, 0.1) is 11.7 Å². The zero-order valence-electron chi connectivity index (χ0n) is 12.4. The average molecular weight is 296 g/mol. The fourth-order valence-corrected chi connectivity index (χ4v) is 1.41. The molecule has 0 heterocycles. The van der Waals surface area contributed by atoms with Crippen LogP contribution in [0.15, 0.2) is 24.3 Å². The van der Waals surface area contributed by atoms with Crippen molar-refractivity contribution in [2.24, 2.45) is 5.92 Å². The van der Waals surface area contributed by atoms with E-state index in [-0.39, 0.29) is 24.8 Å². The summed E-state index contributed by atoms with van der Waals surface area (Å²) in [6, 6.07) is 5.61. The zero-order valence-corrected chi connectivity index (χ0v) is 12.4. The number of rotatable bonds is 5. The molecule has 0 spiro atoms. The summed E-state index contributed by atoms with van der Waals surface area (Å²) in [5, 5.41) is 14.8. The Morgan fingerprint density at radius 3 is 2.24 bits per heavy atom. The van der Waals surface area contributed by atoms with Crippen LogP contribution in [0.3, 0.4) is 0 Å². The molecule has 6 heteroatoms. The number of nitrogens with one attached hydrogen (secondary N) is 2. The summed E-state index contributed by atoms with van der Waals surface area (Å²) in [5.41, 5.74) is -0.390. The summed E-state index contributed by atoms with van der Waals surface area (Å²) >= 11 is 0. The zero-order chi connectivity index (χ0) is 16.0. The molecule has 3 N–H and O–H groups in total. The molecule has 0 bridgehead atoms. The SMILES string of the molecule is CC(C)C(C)(O)CNC(=O)C(=O)NCc1ccc(F)cc1. The minimum Gasteiger partial charge on any atom is -0.388 e. The summed E-state index contributed by atoms with van der Waals surface area (Å²) in [6.45, 7) is 5.36. The van der Waals surface area contributed by atoms with Crippen molar-refractivity contribution < 1.29 is 19.1 Å². The third-order valence-electron chi connectivity index (χ3n) is 3.42. The van der Waals surface area contributed by atoms with E-state index in [4.69, 9.17) is 0 Å². The molecule has 5 nitrogen and oxygen atoms in total. The van der Waals surface area contributed by atoms with Gasteiger partial charge in [-0.2, -0.15) is 0 Å². The second-order valence-electron chi connectivity index (χ2n) is 5.50. The van der Waals surface area contributed by atoms with Gasteiger partial charge in [-0.25, -0.2) is 4.39 Å². The first-order valence-corrected chi connectivity index (χ1v) is 6.75. The van der Waals surface area contributed by atoms with Crippen LogP contribution in [0.5, 0.6) is 0 Å². The summed E-state index contributed by atoms with van der Waals surface area (Å²) in [5.74, 6) is -2.02. The molecule has 0 saturated carbocycles. The number of halogens is 1. The third kappa shape index (κ3) is 5.51. The Kier molecular flexibility index (Phi) is 5.84. The van der Waals surface area contributed by atoms with Gasteiger partial charge in [0.1, 0.15) is 5.82 Å². The highest BCUT2D eigenvalue weighted by Gasteiger charge is 2.26. The van der Waals surface area contributed by atoms with E-state index < -0.39 is 17.4 Å². The van der Waals surface area contributed by atoms with Crippen LogP contribution in [0.25, 0.3) is 0 Å². The van der Waals surface area contributed by atoms with Gasteiger partial charge in [-0.1, -0.05) is 26.0 Å². The van der Waals surface area contributed by atoms with Crippen LogP contribution >= 0.6 is 0 Å². The molecule has 1 aromatic rings. The second-order valence-corrected chi connectivity index (χ2v) is 5.50. The number of carbonyl (C=O) groups excluding carboxylic acids is 2. The molecule has 1 rings (SSSR count). The molecule has 1 atom stereocenters.